The van der Waals surface area contributed by atoms with E-state index < -0.39 is 10.0 Å². The van der Waals surface area contributed by atoms with Crippen molar-refractivity contribution in [2.45, 2.75) is 37.6 Å². The van der Waals surface area contributed by atoms with Gasteiger partial charge in [0.2, 0.25) is 10.0 Å². The molecule has 0 bridgehead atoms. The van der Waals surface area contributed by atoms with Crippen LogP contribution in [0.15, 0.2) is 58.2 Å². The summed E-state index contributed by atoms with van der Waals surface area (Å²) in [6, 6.07) is 14.7. The summed E-state index contributed by atoms with van der Waals surface area (Å²) in [6.07, 6.45) is 3.29. The summed E-state index contributed by atoms with van der Waals surface area (Å²) < 4.78 is 30.6. The summed E-state index contributed by atoms with van der Waals surface area (Å²) in [5, 5.41) is 0. The fraction of sp³-hybridized carbons (Fsp3) is 0.435. The lowest BCUT2D eigenvalue weighted by molar-refractivity contribution is 0.182. The zero-order valence-corrected chi connectivity index (χ0v) is 19.4. The van der Waals surface area contributed by atoms with Gasteiger partial charge in [-0.2, -0.15) is 0 Å². The Kier molecular flexibility index (Phi) is 6.91. The lowest BCUT2D eigenvalue weighted by Gasteiger charge is -2.30. The van der Waals surface area contributed by atoms with E-state index in [-0.39, 0.29) is 9.77 Å². The van der Waals surface area contributed by atoms with Crippen LogP contribution in [0, 0.1) is 5.92 Å². The fourth-order valence-electron chi connectivity index (χ4n) is 4.21. The maximum atomic E-state index is 12.8. The van der Waals surface area contributed by atoms with E-state index >= 15 is 0 Å². The van der Waals surface area contributed by atoms with Gasteiger partial charge in [0.1, 0.15) is 0 Å². The third-order valence-corrected chi connectivity index (χ3v) is 8.22. The number of piperidine rings is 1. The van der Waals surface area contributed by atoms with Gasteiger partial charge in [-0.05, 0) is 62.0 Å². The Labute approximate surface area is 187 Å². The second-order valence-electron chi connectivity index (χ2n) is 8.37. The first-order chi connectivity index (χ1) is 14.9. The molecule has 1 N–H and O–H groups in total. The summed E-state index contributed by atoms with van der Waals surface area (Å²) in [7, 11) is -3.60. The molecule has 6 nitrogen and oxygen atoms in total. The number of nitrogens with one attached hydrogen (secondary N) is 1. The molecule has 1 fully saturated rings. The van der Waals surface area contributed by atoms with Crippen LogP contribution in [0.3, 0.4) is 0 Å². The van der Waals surface area contributed by atoms with Crippen LogP contribution in [0.1, 0.15) is 31.7 Å². The van der Waals surface area contributed by atoms with Crippen molar-refractivity contribution in [3.8, 4) is 0 Å². The molecule has 1 saturated heterocycles. The SMILES string of the molecule is C[C@@H]1CCCN(CCCNS(=O)(=O)c2ccc3c(c2)sc(=O)n3Cc2ccccc2)C1. The molecule has 1 aromatic heterocycles. The maximum Gasteiger partial charge on any atom is 0.308 e. The van der Waals surface area contributed by atoms with Gasteiger partial charge in [0.25, 0.3) is 0 Å². The Morgan fingerprint density at radius 1 is 1.16 bits per heavy atom. The van der Waals surface area contributed by atoms with Crippen molar-refractivity contribution in [1.82, 2.24) is 14.2 Å². The number of thiazole rings is 1. The van der Waals surface area contributed by atoms with Gasteiger partial charge in [-0.25, -0.2) is 13.1 Å². The third kappa shape index (κ3) is 5.44. The van der Waals surface area contributed by atoms with Crippen LogP contribution < -0.4 is 9.60 Å². The van der Waals surface area contributed by atoms with Crippen molar-refractivity contribution in [2.24, 2.45) is 5.92 Å². The van der Waals surface area contributed by atoms with Crippen molar-refractivity contribution >= 4 is 31.6 Å². The second kappa shape index (κ2) is 9.65. The van der Waals surface area contributed by atoms with Crippen molar-refractivity contribution < 1.29 is 8.42 Å². The zero-order chi connectivity index (χ0) is 21.8. The summed E-state index contributed by atoms with van der Waals surface area (Å²) in [5.41, 5.74) is 1.79. The molecule has 4 rings (SSSR count). The number of fused-ring (bicyclic) bond motifs is 1. The van der Waals surface area contributed by atoms with E-state index in [1.165, 1.54) is 12.8 Å². The first-order valence-corrected chi connectivity index (χ1v) is 13.1. The number of hydrogen-bond donors (Lipinski definition) is 1. The van der Waals surface area contributed by atoms with Crippen LogP contribution in [0.25, 0.3) is 10.2 Å². The zero-order valence-electron chi connectivity index (χ0n) is 17.8. The van der Waals surface area contributed by atoms with Crippen molar-refractivity contribution in [2.75, 3.05) is 26.2 Å². The fourth-order valence-corrected chi connectivity index (χ4v) is 6.32. The number of rotatable bonds is 8. The van der Waals surface area contributed by atoms with E-state index in [0.29, 0.717) is 17.8 Å². The van der Waals surface area contributed by atoms with Crippen LogP contribution in [0.4, 0.5) is 0 Å². The highest BCUT2D eigenvalue weighted by Gasteiger charge is 2.18. The number of sulfonamides is 1. The molecule has 1 atom stereocenters. The minimum atomic E-state index is -3.60. The van der Waals surface area contributed by atoms with Gasteiger partial charge in [0.05, 0.1) is 21.7 Å². The highest BCUT2D eigenvalue weighted by atomic mass is 32.2. The lowest BCUT2D eigenvalue weighted by atomic mass is 10.0. The topological polar surface area (TPSA) is 71.4 Å². The highest BCUT2D eigenvalue weighted by molar-refractivity contribution is 7.89. The first-order valence-electron chi connectivity index (χ1n) is 10.8. The van der Waals surface area contributed by atoms with Crippen LogP contribution >= 0.6 is 11.3 Å². The molecule has 0 spiro atoms. The summed E-state index contributed by atoms with van der Waals surface area (Å²) >= 11 is 1.08. The van der Waals surface area contributed by atoms with Gasteiger partial charge in [-0.3, -0.25) is 9.36 Å². The normalized spacial score (nSPS) is 17.9. The second-order valence-corrected chi connectivity index (χ2v) is 11.1. The Morgan fingerprint density at radius 2 is 1.97 bits per heavy atom. The van der Waals surface area contributed by atoms with Crippen LogP contribution in [0.5, 0.6) is 0 Å². The van der Waals surface area contributed by atoms with Crippen LogP contribution in [-0.2, 0) is 16.6 Å². The lowest BCUT2D eigenvalue weighted by Crippen LogP contribution is -2.36. The van der Waals surface area contributed by atoms with E-state index in [2.05, 4.69) is 16.5 Å². The van der Waals surface area contributed by atoms with E-state index in [0.717, 1.165) is 54.4 Å². The average molecular weight is 460 g/mol. The maximum absolute atomic E-state index is 12.8. The van der Waals surface area contributed by atoms with E-state index in [4.69, 9.17) is 0 Å². The molecule has 166 valence electrons. The molecule has 0 saturated carbocycles. The number of nitrogens with zero attached hydrogens (tertiary/aromatic N) is 2. The Morgan fingerprint density at radius 3 is 2.74 bits per heavy atom. The van der Waals surface area contributed by atoms with Crippen LogP contribution in [-0.4, -0.2) is 44.1 Å². The first kappa shape index (κ1) is 22.2. The molecule has 0 radical (unpaired) electrons. The Hall–Kier alpha value is -2.00. The van der Waals surface area contributed by atoms with Gasteiger partial charge in [-0.1, -0.05) is 48.6 Å². The third-order valence-electron chi connectivity index (χ3n) is 5.82. The predicted molar refractivity (Wildman–Crippen MR) is 126 cm³/mol. The van der Waals surface area contributed by atoms with Crippen molar-refractivity contribution in [3.05, 3.63) is 63.8 Å². The quantitative estimate of drug-likeness (QED) is 0.523. The molecule has 1 aliphatic heterocycles. The molecule has 2 heterocycles. The molecule has 31 heavy (non-hydrogen) atoms. The number of hydrogen-bond acceptors (Lipinski definition) is 5. The molecule has 8 heteroatoms. The number of benzene rings is 2. The average Bonchev–Trinajstić information content (AvgIpc) is 3.06. The molecule has 0 amide bonds. The molecule has 3 aromatic rings. The largest absolute Gasteiger partial charge is 0.308 e. The predicted octanol–water partition coefficient (Wildman–Crippen LogP) is 3.51. The van der Waals surface area contributed by atoms with E-state index in [1.54, 1.807) is 22.8 Å². The van der Waals surface area contributed by atoms with Gasteiger partial charge in [-0.15, -0.1) is 0 Å². The minimum absolute atomic E-state index is 0.0860. The summed E-state index contributed by atoms with van der Waals surface area (Å²) in [6.45, 7) is 6.27. The van der Waals surface area contributed by atoms with Gasteiger partial charge in [0.15, 0.2) is 0 Å². The highest BCUT2D eigenvalue weighted by Crippen LogP contribution is 2.22. The molecule has 0 aliphatic carbocycles. The van der Waals surface area contributed by atoms with E-state index in [1.807, 2.05) is 30.3 Å². The Balaban J connectivity index is 1.42. The Bertz CT molecular complexity index is 1190. The number of likely N-dealkylation sites (tertiary alicyclic amines) is 1. The van der Waals surface area contributed by atoms with Crippen molar-refractivity contribution in [3.63, 3.8) is 0 Å². The molecule has 1 aliphatic rings. The minimum Gasteiger partial charge on any atom is -0.303 e. The number of aromatic nitrogens is 1. The molecular formula is C23H29N3O3S2. The molecule has 0 unspecified atom stereocenters. The standard InChI is InChI=1S/C23H29N3O3S2/c1-18-7-5-13-25(16-18)14-6-12-24-31(28,29)20-10-11-21-22(15-20)30-23(27)26(21)17-19-8-3-2-4-9-19/h2-4,8-11,15,18,24H,5-7,12-14,16-17H2,1H3/t18-/m1/s1. The van der Waals surface area contributed by atoms with Crippen LogP contribution in [0.2, 0.25) is 0 Å². The van der Waals surface area contributed by atoms with Gasteiger partial charge in [0, 0.05) is 13.1 Å². The van der Waals surface area contributed by atoms with E-state index in [9.17, 15) is 13.2 Å². The van der Waals surface area contributed by atoms with Crippen molar-refractivity contribution in [1.29, 1.82) is 0 Å². The smallest absolute Gasteiger partial charge is 0.303 e. The summed E-state index contributed by atoms with van der Waals surface area (Å²) in [5.74, 6) is 0.721. The molecular weight excluding hydrogens is 430 g/mol. The summed E-state index contributed by atoms with van der Waals surface area (Å²) in [4.78, 5) is 15.0. The monoisotopic (exact) mass is 459 g/mol. The van der Waals surface area contributed by atoms with Gasteiger partial charge < -0.3 is 4.90 Å². The molecule has 2 aromatic carbocycles. The van der Waals surface area contributed by atoms with Gasteiger partial charge >= 0.3 is 4.87 Å².